The second kappa shape index (κ2) is 7.12. The monoisotopic (exact) mass is 314 g/mol. The zero-order chi connectivity index (χ0) is 13.7. The van der Waals surface area contributed by atoms with Gasteiger partial charge in [-0.05, 0) is 44.9 Å². The van der Waals surface area contributed by atoms with E-state index in [0.717, 1.165) is 28.7 Å². The zero-order valence-corrected chi connectivity index (χ0v) is 12.9. The molecule has 0 heterocycles. The van der Waals surface area contributed by atoms with Crippen LogP contribution in [0.1, 0.15) is 38.8 Å². The minimum atomic E-state index is 0.0263. The second-order valence-corrected chi connectivity index (χ2v) is 5.71. The van der Waals surface area contributed by atoms with Crippen molar-refractivity contribution in [3.05, 3.63) is 28.2 Å². The van der Waals surface area contributed by atoms with Gasteiger partial charge in [-0.25, -0.2) is 0 Å². The third-order valence-electron chi connectivity index (χ3n) is 2.99. The summed E-state index contributed by atoms with van der Waals surface area (Å²) in [6.45, 7) is 7.38. The van der Waals surface area contributed by atoms with E-state index in [9.17, 15) is 0 Å². The van der Waals surface area contributed by atoms with Crippen molar-refractivity contribution in [3.8, 4) is 0 Å². The van der Waals surface area contributed by atoms with Crippen LogP contribution < -0.4 is 10.6 Å². The molecule has 0 bridgehead atoms. The minimum Gasteiger partial charge on any atom is -0.396 e. The Morgan fingerprint density at radius 3 is 2.44 bits per heavy atom. The van der Waals surface area contributed by atoms with Crippen molar-refractivity contribution in [1.82, 2.24) is 0 Å². The lowest BCUT2D eigenvalue weighted by molar-refractivity contribution is 0.288. The highest BCUT2D eigenvalue weighted by molar-refractivity contribution is 9.10. The molecule has 1 rings (SSSR count). The normalized spacial score (nSPS) is 12.8. The van der Waals surface area contributed by atoms with E-state index in [1.165, 1.54) is 0 Å². The molecule has 0 saturated carbocycles. The predicted octanol–water partition coefficient (Wildman–Crippen LogP) is 3.07. The molecular formula is C14H23BrN2O. The maximum Gasteiger partial charge on any atom is 0.0447 e. The first-order chi connectivity index (χ1) is 8.47. The summed E-state index contributed by atoms with van der Waals surface area (Å²) in [5.74, 6) is 0. The van der Waals surface area contributed by atoms with E-state index in [2.05, 4.69) is 52.9 Å². The molecule has 0 fully saturated rings. The summed E-state index contributed by atoms with van der Waals surface area (Å²) in [5.41, 5.74) is 8.18. The fraction of sp³-hybridized carbons (Fsp3) is 0.571. The quantitative estimate of drug-likeness (QED) is 0.848. The third kappa shape index (κ3) is 3.97. The number of hydrogen-bond acceptors (Lipinski definition) is 3. The summed E-state index contributed by atoms with van der Waals surface area (Å²) in [4.78, 5) is 2.28. The van der Waals surface area contributed by atoms with Gasteiger partial charge in [-0.15, -0.1) is 0 Å². The highest BCUT2D eigenvalue weighted by atomic mass is 79.9. The molecule has 0 aliphatic carbocycles. The minimum absolute atomic E-state index is 0.0263. The summed E-state index contributed by atoms with van der Waals surface area (Å²) in [6, 6.07) is 6.71. The molecule has 0 aromatic heterocycles. The molecule has 1 unspecified atom stereocenters. The zero-order valence-electron chi connectivity index (χ0n) is 11.4. The highest BCUT2D eigenvalue weighted by Crippen LogP contribution is 2.28. The van der Waals surface area contributed by atoms with Crippen LogP contribution in [-0.2, 0) is 0 Å². The summed E-state index contributed by atoms with van der Waals surface area (Å²) in [5, 5.41) is 8.96. The number of aliphatic hydroxyl groups is 1. The Labute approximate surface area is 118 Å². The van der Waals surface area contributed by atoms with Gasteiger partial charge in [-0.2, -0.15) is 0 Å². The lowest BCUT2D eigenvalue weighted by Gasteiger charge is -2.29. The fourth-order valence-corrected chi connectivity index (χ4v) is 2.72. The smallest absolute Gasteiger partial charge is 0.0447 e. The van der Waals surface area contributed by atoms with Crippen molar-refractivity contribution in [1.29, 1.82) is 0 Å². The molecule has 1 aromatic carbocycles. The van der Waals surface area contributed by atoms with Gasteiger partial charge in [0.25, 0.3) is 0 Å². The van der Waals surface area contributed by atoms with Gasteiger partial charge >= 0.3 is 0 Å². The molecule has 4 heteroatoms. The van der Waals surface area contributed by atoms with Crippen molar-refractivity contribution >= 4 is 21.6 Å². The summed E-state index contributed by atoms with van der Waals surface area (Å²) >= 11 is 3.58. The molecule has 0 aliphatic heterocycles. The largest absolute Gasteiger partial charge is 0.396 e. The maximum atomic E-state index is 8.96. The van der Waals surface area contributed by atoms with E-state index >= 15 is 0 Å². The van der Waals surface area contributed by atoms with Crippen molar-refractivity contribution in [2.24, 2.45) is 5.73 Å². The van der Waals surface area contributed by atoms with Crippen molar-refractivity contribution in [2.75, 3.05) is 18.1 Å². The average molecular weight is 315 g/mol. The van der Waals surface area contributed by atoms with Gasteiger partial charge in [0.1, 0.15) is 0 Å². The molecule has 3 nitrogen and oxygen atoms in total. The number of anilines is 1. The van der Waals surface area contributed by atoms with Crippen LogP contribution in [-0.4, -0.2) is 24.3 Å². The Kier molecular flexibility index (Phi) is 6.12. The maximum absolute atomic E-state index is 8.96. The Balaban J connectivity index is 2.95. The first kappa shape index (κ1) is 15.5. The van der Waals surface area contributed by atoms with Crippen LogP contribution in [0.25, 0.3) is 0 Å². The molecule has 18 heavy (non-hydrogen) atoms. The summed E-state index contributed by atoms with van der Waals surface area (Å²) in [6.07, 6.45) is 0.783. The molecule has 0 saturated heterocycles. The topological polar surface area (TPSA) is 49.5 Å². The van der Waals surface area contributed by atoms with Gasteiger partial charge in [0.05, 0.1) is 0 Å². The lowest BCUT2D eigenvalue weighted by Crippen LogP contribution is -2.32. The van der Waals surface area contributed by atoms with Gasteiger partial charge in [0.15, 0.2) is 0 Å². The number of halogens is 1. The number of benzene rings is 1. The standard InChI is InChI=1S/C14H23BrN2O/c1-10(2)17(7-4-8-18)12-5-6-13(11(3)16)14(15)9-12/h5-6,9-11,18H,4,7-8,16H2,1-3H3. The first-order valence-corrected chi connectivity index (χ1v) is 7.19. The highest BCUT2D eigenvalue weighted by Gasteiger charge is 2.12. The van der Waals surface area contributed by atoms with Gasteiger partial charge < -0.3 is 15.7 Å². The van der Waals surface area contributed by atoms with Gasteiger partial charge in [-0.3, -0.25) is 0 Å². The lowest BCUT2D eigenvalue weighted by atomic mass is 10.1. The van der Waals surface area contributed by atoms with Gasteiger partial charge in [0.2, 0.25) is 0 Å². The van der Waals surface area contributed by atoms with E-state index in [0.29, 0.717) is 6.04 Å². The second-order valence-electron chi connectivity index (χ2n) is 4.86. The van der Waals surface area contributed by atoms with Crippen LogP contribution in [0.2, 0.25) is 0 Å². The summed E-state index contributed by atoms with van der Waals surface area (Å²) in [7, 11) is 0. The molecule has 0 radical (unpaired) electrons. The SMILES string of the molecule is CC(N)c1ccc(N(CCCO)C(C)C)cc1Br. The van der Waals surface area contributed by atoms with E-state index in [1.807, 2.05) is 6.92 Å². The third-order valence-corrected chi connectivity index (χ3v) is 3.67. The van der Waals surface area contributed by atoms with Gasteiger partial charge in [0, 0.05) is 35.4 Å². The number of hydrogen-bond donors (Lipinski definition) is 2. The molecule has 0 aliphatic rings. The first-order valence-electron chi connectivity index (χ1n) is 6.40. The van der Waals surface area contributed by atoms with Crippen LogP contribution >= 0.6 is 15.9 Å². The molecule has 0 spiro atoms. The van der Waals surface area contributed by atoms with Crippen LogP contribution in [0.5, 0.6) is 0 Å². The molecule has 0 amide bonds. The Morgan fingerprint density at radius 2 is 2.00 bits per heavy atom. The molecule has 1 aromatic rings. The Hall–Kier alpha value is -0.580. The van der Waals surface area contributed by atoms with Crippen LogP contribution in [0.4, 0.5) is 5.69 Å². The van der Waals surface area contributed by atoms with Crippen LogP contribution in [0, 0.1) is 0 Å². The van der Waals surface area contributed by atoms with Crippen LogP contribution in [0.3, 0.4) is 0 Å². The van der Waals surface area contributed by atoms with Crippen LogP contribution in [0.15, 0.2) is 22.7 Å². The summed E-state index contributed by atoms with van der Waals surface area (Å²) < 4.78 is 1.05. The predicted molar refractivity (Wildman–Crippen MR) is 80.9 cm³/mol. The van der Waals surface area contributed by atoms with E-state index < -0.39 is 0 Å². The average Bonchev–Trinajstić information content (AvgIpc) is 2.28. The number of nitrogens with zero attached hydrogens (tertiary/aromatic N) is 1. The fourth-order valence-electron chi connectivity index (χ4n) is 1.99. The molecule has 102 valence electrons. The van der Waals surface area contributed by atoms with E-state index in [1.54, 1.807) is 0 Å². The van der Waals surface area contributed by atoms with Crippen molar-refractivity contribution in [3.63, 3.8) is 0 Å². The number of aliphatic hydroxyl groups excluding tert-OH is 1. The Morgan fingerprint density at radius 1 is 1.33 bits per heavy atom. The number of nitrogens with two attached hydrogens (primary N) is 1. The van der Waals surface area contributed by atoms with E-state index in [-0.39, 0.29) is 12.6 Å². The molecule has 1 atom stereocenters. The van der Waals surface area contributed by atoms with Crippen molar-refractivity contribution < 1.29 is 5.11 Å². The van der Waals surface area contributed by atoms with Crippen molar-refractivity contribution in [2.45, 2.75) is 39.3 Å². The molecule has 3 N–H and O–H groups in total. The van der Waals surface area contributed by atoms with E-state index in [4.69, 9.17) is 10.8 Å². The molecular weight excluding hydrogens is 292 g/mol. The number of rotatable bonds is 6. The van der Waals surface area contributed by atoms with Gasteiger partial charge in [-0.1, -0.05) is 22.0 Å². The Bertz CT molecular complexity index is 380.